The normalized spacial score (nSPS) is 18.2. The van der Waals surface area contributed by atoms with Crippen LogP contribution in [0.15, 0.2) is 54.1 Å². The molecule has 0 radical (unpaired) electrons. The van der Waals surface area contributed by atoms with Crippen molar-refractivity contribution in [3.05, 3.63) is 65.2 Å². The third-order valence-corrected chi connectivity index (χ3v) is 4.94. The Hall–Kier alpha value is -3.28. The summed E-state index contributed by atoms with van der Waals surface area (Å²) >= 11 is 0. The molecule has 1 fully saturated rings. The van der Waals surface area contributed by atoms with Gasteiger partial charge >= 0.3 is 0 Å². The summed E-state index contributed by atoms with van der Waals surface area (Å²) in [7, 11) is 1.49. The summed E-state index contributed by atoms with van der Waals surface area (Å²) in [6.45, 7) is 6.14. The van der Waals surface area contributed by atoms with Crippen molar-refractivity contribution >= 4 is 17.4 Å². The molecule has 1 heterocycles. The molecule has 0 aromatic heterocycles. The van der Waals surface area contributed by atoms with Crippen molar-refractivity contribution in [2.45, 2.75) is 39.3 Å². The minimum Gasteiger partial charge on any atom is -0.507 e. The predicted molar refractivity (Wildman–Crippen MR) is 115 cm³/mol. The van der Waals surface area contributed by atoms with Crippen LogP contribution in [0.2, 0.25) is 0 Å². The molecule has 1 saturated heterocycles. The van der Waals surface area contributed by atoms with E-state index in [1.54, 1.807) is 24.3 Å². The van der Waals surface area contributed by atoms with Crippen molar-refractivity contribution in [3.63, 3.8) is 0 Å². The molecule has 0 saturated carbocycles. The molecule has 2 aromatic rings. The summed E-state index contributed by atoms with van der Waals surface area (Å²) in [5, 5.41) is 11.2. The molecule has 0 aliphatic carbocycles. The number of Topliss-reactive ketones (excluding diaryl/α,β-unsaturated/α-hetero) is 1. The van der Waals surface area contributed by atoms with E-state index in [0.29, 0.717) is 35.6 Å². The molecule has 2 aromatic carbocycles. The van der Waals surface area contributed by atoms with E-state index in [1.807, 2.05) is 45.0 Å². The molecule has 1 N–H and O–H groups in total. The van der Waals surface area contributed by atoms with Gasteiger partial charge < -0.3 is 19.5 Å². The van der Waals surface area contributed by atoms with Gasteiger partial charge in [-0.3, -0.25) is 9.59 Å². The number of nitrogens with zero attached hydrogens (tertiary/aromatic N) is 1. The lowest BCUT2D eigenvalue weighted by molar-refractivity contribution is -0.139. The SMILES string of the molecule is CCCN1C(=O)C(=O)/C(=C(\O)c2ccccc2OC)C1c1ccccc1OC(C)C. The summed E-state index contributed by atoms with van der Waals surface area (Å²) in [6.07, 6.45) is 0.583. The quantitative estimate of drug-likeness (QED) is 0.419. The highest BCUT2D eigenvalue weighted by molar-refractivity contribution is 6.46. The van der Waals surface area contributed by atoms with E-state index >= 15 is 0 Å². The van der Waals surface area contributed by atoms with Crippen molar-refractivity contribution in [3.8, 4) is 11.5 Å². The van der Waals surface area contributed by atoms with E-state index in [2.05, 4.69) is 0 Å². The van der Waals surface area contributed by atoms with E-state index in [0.717, 1.165) is 0 Å². The summed E-state index contributed by atoms with van der Waals surface area (Å²) in [6, 6.07) is 13.4. The lowest BCUT2D eigenvalue weighted by atomic mass is 9.94. The number of likely N-dealkylation sites (tertiary alicyclic amines) is 1. The average molecular weight is 409 g/mol. The van der Waals surface area contributed by atoms with Gasteiger partial charge in [-0.05, 0) is 38.5 Å². The van der Waals surface area contributed by atoms with Gasteiger partial charge in [0.15, 0.2) is 0 Å². The van der Waals surface area contributed by atoms with E-state index < -0.39 is 17.7 Å². The van der Waals surface area contributed by atoms with Gasteiger partial charge in [-0.25, -0.2) is 0 Å². The van der Waals surface area contributed by atoms with Crippen LogP contribution < -0.4 is 9.47 Å². The number of carbonyl (C=O) groups excluding carboxylic acids is 2. The molecule has 1 aliphatic heterocycles. The monoisotopic (exact) mass is 409 g/mol. The molecule has 1 unspecified atom stereocenters. The van der Waals surface area contributed by atoms with Crippen LogP contribution in [0.3, 0.4) is 0 Å². The third-order valence-electron chi connectivity index (χ3n) is 4.94. The van der Waals surface area contributed by atoms with Crippen LogP contribution in [0.4, 0.5) is 0 Å². The van der Waals surface area contributed by atoms with Gasteiger partial charge in [-0.2, -0.15) is 0 Å². The Kier molecular flexibility index (Phi) is 6.45. The lowest BCUT2D eigenvalue weighted by Crippen LogP contribution is -2.30. The van der Waals surface area contributed by atoms with Crippen LogP contribution in [0.25, 0.3) is 5.76 Å². The maximum Gasteiger partial charge on any atom is 0.295 e. The van der Waals surface area contributed by atoms with Crippen LogP contribution in [-0.2, 0) is 9.59 Å². The number of aliphatic hydroxyl groups is 1. The molecule has 6 heteroatoms. The molecule has 1 aliphatic rings. The molecular weight excluding hydrogens is 382 g/mol. The summed E-state index contributed by atoms with van der Waals surface area (Å²) in [5.74, 6) is -0.601. The highest BCUT2D eigenvalue weighted by atomic mass is 16.5. The van der Waals surface area contributed by atoms with E-state index in [-0.39, 0.29) is 17.4 Å². The first-order valence-corrected chi connectivity index (χ1v) is 10.1. The number of rotatable bonds is 7. The Morgan fingerprint density at radius 2 is 1.70 bits per heavy atom. The Bertz CT molecular complexity index is 979. The number of para-hydroxylation sites is 2. The fraction of sp³-hybridized carbons (Fsp3) is 0.333. The number of amides is 1. The number of ketones is 1. The second-order valence-electron chi connectivity index (χ2n) is 7.40. The van der Waals surface area contributed by atoms with Crippen LogP contribution in [0.1, 0.15) is 44.4 Å². The fourth-order valence-electron chi connectivity index (χ4n) is 3.73. The highest BCUT2D eigenvalue weighted by Crippen LogP contribution is 2.43. The second kappa shape index (κ2) is 9.03. The zero-order chi connectivity index (χ0) is 21.8. The first-order valence-electron chi connectivity index (χ1n) is 10.1. The Morgan fingerprint density at radius 3 is 2.33 bits per heavy atom. The Balaban J connectivity index is 2.25. The summed E-state index contributed by atoms with van der Waals surface area (Å²) in [5.41, 5.74) is 1.06. The topological polar surface area (TPSA) is 76.1 Å². The molecule has 0 spiro atoms. The zero-order valence-electron chi connectivity index (χ0n) is 17.7. The first-order chi connectivity index (χ1) is 14.4. The van der Waals surface area contributed by atoms with Crippen molar-refractivity contribution in [1.82, 2.24) is 4.90 Å². The molecule has 1 amide bonds. The van der Waals surface area contributed by atoms with Crippen LogP contribution in [-0.4, -0.2) is 41.5 Å². The maximum absolute atomic E-state index is 13.0. The van der Waals surface area contributed by atoms with E-state index in [9.17, 15) is 14.7 Å². The number of ether oxygens (including phenoxy) is 2. The number of benzene rings is 2. The van der Waals surface area contributed by atoms with Crippen LogP contribution in [0, 0.1) is 0 Å². The molecule has 0 bridgehead atoms. The summed E-state index contributed by atoms with van der Waals surface area (Å²) < 4.78 is 11.3. The minimum absolute atomic E-state index is 0.0396. The Morgan fingerprint density at radius 1 is 1.07 bits per heavy atom. The van der Waals surface area contributed by atoms with Gasteiger partial charge in [0, 0.05) is 12.1 Å². The van der Waals surface area contributed by atoms with Crippen molar-refractivity contribution in [2.75, 3.05) is 13.7 Å². The lowest BCUT2D eigenvalue weighted by Gasteiger charge is -2.27. The van der Waals surface area contributed by atoms with E-state index in [4.69, 9.17) is 9.47 Å². The maximum atomic E-state index is 13.0. The molecule has 1 atom stereocenters. The fourth-order valence-corrected chi connectivity index (χ4v) is 3.73. The smallest absolute Gasteiger partial charge is 0.295 e. The minimum atomic E-state index is -0.746. The molecule has 3 rings (SSSR count). The number of carbonyl (C=O) groups is 2. The number of hydrogen-bond donors (Lipinski definition) is 1. The number of aliphatic hydroxyl groups excluding tert-OH is 1. The Labute approximate surface area is 176 Å². The van der Waals surface area contributed by atoms with Gasteiger partial charge in [0.2, 0.25) is 0 Å². The van der Waals surface area contributed by atoms with E-state index in [1.165, 1.54) is 12.0 Å². The molecule has 158 valence electrons. The number of methoxy groups -OCH3 is 1. The number of hydrogen-bond acceptors (Lipinski definition) is 5. The van der Waals surface area contributed by atoms with Gasteiger partial charge in [-0.1, -0.05) is 37.3 Å². The van der Waals surface area contributed by atoms with Gasteiger partial charge in [-0.15, -0.1) is 0 Å². The molecule has 6 nitrogen and oxygen atoms in total. The highest BCUT2D eigenvalue weighted by Gasteiger charge is 2.46. The van der Waals surface area contributed by atoms with Crippen molar-refractivity contribution in [2.24, 2.45) is 0 Å². The first kappa shape index (κ1) is 21.4. The van der Waals surface area contributed by atoms with Gasteiger partial charge in [0.1, 0.15) is 17.3 Å². The predicted octanol–water partition coefficient (Wildman–Crippen LogP) is 4.31. The standard InChI is InChI=1S/C24H27NO5/c1-5-14-25-21(16-10-6-9-13-19(16)30-15(2)3)20(23(27)24(25)28)22(26)17-11-7-8-12-18(17)29-4/h6-13,15,21,26H,5,14H2,1-4H3/b22-20-. The molecular formula is C24H27NO5. The molecule has 30 heavy (non-hydrogen) atoms. The largest absolute Gasteiger partial charge is 0.507 e. The third kappa shape index (κ3) is 3.90. The second-order valence-corrected chi connectivity index (χ2v) is 7.40. The van der Waals surface area contributed by atoms with Gasteiger partial charge in [0.25, 0.3) is 11.7 Å². The van der Waals surface area contributed by atoms with Crippen LogP contribution >= 0.6 is 0 Å². The average Bonchev–Trinajstić information content (AvgIpc) is 2.98. The van der Waals surface area contributed by atoms with Crippen molar-refractivity contribution < 1.29 is 24.2 Å². The van der Waals surface area contributed by atoms with Crippen molar-refractivity contribution in [1.29, 1.82) is 0 Å². The van der Waals surface area contributed by atoms with Crippen LogP contribution in [0.5, 0.6) is 11.5 Å². The van der Waals surface area contributed by atoms with Gasteiger partial charge in [0.05, 0.1) is 30.4 Å². The summed E-state index contributed by atoms with van der Waals surface area (Å²) in [4.78, 5) is 27.4. The zero-order valence-corrected chi connectivity index (χ0v) is 17.7.